The van der Waals surface area contributed by atoms with Gasteiger partial charge in [0.05, 0.1) is 11.1 Å². The van der Waals surface area contributed by atoms with Gasteiger partial charge in [0.25, 0.3) is 0 Å². The van der Waals surface area contributed by atoms with Crippen molar-refractivity contribution in [1.82, 2.24) is 9.97 Å². The molecule has 32 heavy (non-hydrogen) atoms. The van der Waals surface area contributed by atoms with Crippen molar-refractivity contribution in [2.75, 3.05) is 16.8 Å². The van der Waals surface area contributed by atoms with Gasteiger partial charge in [0.15, 0.2) is 0 Å². The Morgan fingerprint density at radius 1 is 0.844 bits per heavy atom. The van der Waals surface area contributed by atoms with E-state index in [4.69, 9.17) is 9.97 Å². The monoisotopic (exact) mass is 434 g/mol. The van der Waals surface area contributed by atoms with Crippen LogP contribution in [0.15, 0.2) is 72.8 Å². The molecule has 4 aromatic rings. The third-order valence-corrected chi connectivity index (χ3v) is 5.75. The molecule has 1 aromatic heterocycles. The van der Waals surface area contributed by atoms with E-state index < -0.39 is 11.7 Å². The second kappa shape index (κ2) is 8.15. The number of rotatable bonds is 4. The first-order valence-electron chi connectivity index (χ1n) is 10.5. The Hall–Kier alpha value is -3.61. The fourth-order valence-corrected chi connectivity index (χ4v) is 4.00. The average Bonchev–Trinajstić information content (AvgIpc) is 2.81. The number of fused-ring (bicyclic) bond motifs is 2. The van der Waals surface area contributed by atoms with Crippen molar-refractivity contribution in [2.24, 2.45) is 0 Å². The molecule has 162 valence electrons. The van der Waals surface area contributed by atoms with Gasteiger partial charge in [-0.25, -0.2) is 4.98 Å². The topological polar surface area (TPSA) is 41.1 Å². The summed E-state index contributed by atoms with van der Waals surface area (Å²) in [5.74, 6) is 1.32. The van der Waals surface area contributed by atoms with Crippen LogP contribution in [0, 0.1) is 0 Å². The molecule has 3 aromatic carbocycles. The lowest BCUT2D eigenvalue weighted by Gasteiger charge is -2.29. The van der Waals surface area contributed by atoms with Crippen molar-refractivity contribution in [2.45, 2.75) is 25.7 Å². The van der Waals surface area contributed by atoms with Gasteiger partial charge in [0, 0.05) is 25.0 Å². The zero-order chi connectivity index (χ0) is 22.1. The zero-order valence-electron chi connectivity index (χ0n) is 17.2. The van der Waals surface area contributed by atoms with Gasteiger partial charge in [-0.3, -0.25) is 0 Å². The predicted molar refractivity (Wildman–Crippen MR) is 120 cm³/mol. The van der Waals surface area contributed by atoms with E-state index in [1.807, 2.05) is 30.3 Å². The Kier molecular flexibility index (Phi) is 5.17. The number of para-hydroxylation sites is 1. The quantitative estimate of drug-likeness (QED) is 0.439. The van der Waals surface area contributed by atoms with Gasteiger partial charge in [-0.1, -0.05) is 48.5 Å². The van der Waals surface area contributed by atoms with Gasteiger partial charge in [-0.15, -0.1) is 0 Å². The van der Waals surface area contributed by atoms with E-state index in [9.17, 15) is 13.2 Å². The lowest BCUT2D eigenvalue weighted by molar-refractivity contribution is -0.137. The van der Waals surface area contributed by atoms with Crippen LogP contribution in [-0.4, -0.2) is 16.5 Å². The van der Waals surface area contributed by atoms with Gasteiger partial charge in [0.1, 0.15) is 5.82 Å². The molecule has 5 rings (SSSR count). The molecule has 0 saturated heterocycles. The van der Waals surface area contributed by atoms with E-state index in [0.29, 0.717) is 18.3 Å². The highest BCUT2D eigenvalue weighted by Crippen LogP contribution is 2.30. The summed E-state index contributed by atoms with van der Waals surface area (Å²) >= 11 is 0. The summed E-state index contributed by atoms with van der Waals surface area (Å²) in [6.07, 6.45) is -3.41. The molecule has 0 amide bonds. The molecule has 0 saturated carbocycles. The van der Waals surface area contributed by atoms with Gasteiger partial charge in [-0.05, 0) is 47.4 Å². The fraction of sp³-hybridized carbons (Fsp3) is 0.200. The number of hydrogen-bond donors (Lipinski definition) is 1. The van der Waals surface area contributed by atoms with Crippen LogP contribution in [-0.2, 0) is 25.7 Å². The Morgan fingerprint density at radius 2 is 1.56 bits per heavy atom. The minimum absolute atomic E-state index is 0.363. The number of nitrogens with zero attached hydrogens (tertiary/aromatic N) is 3. The maximum absolute atomic E-state index is 12.8. The number of benzene rings is 3. The van der Waals surface area contributed by atoms with E-state index in [1.165, 1.54) is 23.3 Å². The number of nitrogens with one attached hydrogen (secondary N) is 1. The molecule has 1 aliphatic heterocycles. The van der Waals surface area contributed by atoms with Crippen molar-refractivity contribution in [3.63, 3.8) is 0 Å². The molecule has 1 N–H and O–H groups in total. The summed E-state index contributed by atoms with van der Waals surface area (Å²) in [4.78, 5) is 11.7. The van der Waals surface area contributed by atoms with E-state index in [-0.39, 0.29) is 0 Å². The Bertz CT molecular complexity index is 1250. The minimum atomic E-state index is -4.34. The Labute approximate surface area is 183 Å². The molecule has 0 aliphatic carbocycles. The molecular weight excluding hydrogens is 413 g/mol. The van der Waals surface area contributed by atoms with E-state index in [2.05, 4.69) is 28.4 Å². The van der Waals surface area contributed by atoms with Crippen LogP contribution in [0.4, 0.5) is 24.9 Å². The summed E-state index contributed by atoms with van der Waals surface area (Å²) in [7, 11) is 0. The first-order chi connectivity index (χ1) is 15.5. The number of anilines is 2. The molecule has 0 spiro atoms. The van der Waals surface area contributed by atoms with Crippen LogP contribution in [0.2, 0.25) is 0 Å². The normalized spacial score (nSPS) is 13.8. The maximum Gasteiger partial charge on any atom is 0.416 e. The summed E-state index contributed by atoms with van der Waals surface area (Å²) in [6, 6.07) is 21.3. The zero-order valence-corrected chi connectivity index (χ0v) is 17.2. The molecular formula is C25H21F3N4. The highest BCUT2D eigenvalue weighted by atomic mass is 19.4. The third kappa shape index (κ3) is 4.10. The largest absolute Gasteiger partial charge is 0.416 e. The third-order valence-electron chi connectivity index (χ3n) is 5.75. The van der Waals surface area contributed by atoms with Crippen molar-refractivity contribution >= 4 is 22.7 Å². The smallest absolute Gasteiger partial charge is 0.365 e. The van der Waals surface area contributed by atoms with Crippen molar-refractivity contribution in [1.29, 1.82) is 0 Å². The SMILES string of the molecule is FC(F)(F)c1ccc(CNc2nc(N3CCc4ccccc4C3)nc3ccccc23)cc1. The number of hydrogen-bond acceptors (Lipinski definition) is 4. The highest BCUT2D eigenvalue weighted by molar-refractivity contribution is 5.90. The number of halogens is 3. The van der Waals surface area contributed by atoms with Crippen LogP contribution in [0.25, 0.3) is 10.9 Å². The molecule has 0 atom stereocenters. The predicted octanol–water partition coefficient (Wildman–Crippen LogP) is 5.82. The van der Waals surface area contributed by atoms with Gasteiger partial charge >= 0.3 is 6.18 Å². The van der Waals surface area contributed by atoms with Gasteiger partial charge in [0.2, 0.25) is 5.95 Å². The van der Waals surface area contributed by atoms with Crippen LogP contribution in [0.1, 0.15) is 22.3 Å². The summed E-state index contributed by atoms with van der Waals surface area (Å²) in [6.45, 7) is 1.93. The molecule has 0 radical (unpaired) electrons. The van der Waals surface area contributed by atoms with Crippen molar-refractivity contribution in [3.8, 4) is 0 Å². The summed E-state index contributed by atoms with van der Waals surface area (Å²) in [5.41, 5.74) is 3.54. The minimum Gasteiger partial charge on any atom is -0.365 e. The van der Waals surface area contributed by atoms with Gasteiger partial charge in [-0.2, -0.15) is 18.2 Å². The summed E-state index contributed by atoms with van der Waals surface area (Å²) in [5, 5.41) is 4.18. The number of aromatic nitrogens is 2. The van der Waals surface area contributed by atoms with Crippen molar-refractivity contribution < 1.29 is 13.2 Å². The second-order valence-corrected chi connectivity index (χ2v) is 7.88. The fourth-order valence-electron chi connectivity index (χ4n) is 4.00. The van der Waals surface area contributed by atoms with Crippen LogP contribution in [0.3, 0.4) is 0 Å². The van der Waals surface area contributed by atoms with Gasteiger partial charge < -0.3 is 10.2 Å². The van der Waals surface area contributed by atoms with Crippen LogP contribution < -0.4 is 10.2 Å². The molecule has 4 nitrogen and oxygen atoms in total. The second-order valence-electron chi connectivity index (χ2n) is 7.88. The lowest BCUT2D eigenvalue weighted by Crippen LogP contribution is -2.31. The van der Waals surface area contributed by atoms with E-state index in [1.54, 1.807) is 0 Å². The summed E-state index contributed by atoms with van der Waals surface area (Å²) < 4.78 is 38.5. The van der Waals surface area contributed by atoms with E-state index in [0.717, 1.165) is 48.1 Å². The van der Waals surface area contributed by atoms with E-state index >= 15 is 0 Å². The Morgan fingerprint density at radius 3 is 2.34 bits per heavy atom. The maximum atomic E-state index is 12.8. The highest BCUT2D eigenvalue weighted by Gasteiger charge is 2.29. The molecule has 0 bridgehead atoms. The molecule has 2 heterocycles. The lowest BCUT2D eigenvalue weighted by atomic mass is 10.0. The molecule has 0 fully saturated rings. The van der Waals surface area contributed by atoms with Crippen LogP contribution in [0.5, 0.6) is 0 Å². The average molecular weight is 434 g/mol. The first-order valence-corrected chi connectivity index (χ1v) is 10.5. The molecule has 0 unspecified atom stereocenters. The van der Waals surface area contributed by atoms with Crippen LogP contribution >= 0.6 is 0 Å². The first kappa shape index (κ1) is 20.3. The number of alkyl halides is 3. The van der Waals surface area contributed by atoms with Crippen molar-refractivity contribution in [3.05, 3.63) is 95.1 Å². The standard InChI is InChI=1S/C25H21F3N4/c26-25(27,28)20-11-9-17(10-12-20)15-29-23-21-7-3-4-8-22(21)30-24(31-23)32-14-13-18-5-1-2-6-19(18)16-32/h1-12H,13-16H2,(H,29,30,31). The molecule has 7 heteroatoms. The Balaban J connectivity index is 1.42. The molecule has 1 aliphatic rings.